The Kier molecular flexibility index (Phi) is 9.29. The van der Waals surface area contributed by atoms with E-state index in [1.807, 2.05) is 6.92 Å². The number of benzene rings is 1. The fourth-order valence-electron chi connectivity index (χ4n) is 2.75. The van der Waals surface area contributed by atoms with Crippen molar-refractivity contribution in [2.75, 3.05) is 36.6 Å². The molecule has 2 aromatic rings. The topological polar surface area (TPSA) is 110 Å². The summed E-state index contributed by atoms with van der Waals surface area (Å²) in [5.74, 6) is -0.492. The number of nitrogens with two attached hydrogens (primary N) is 1. The van der Waals surface area contributed by atoms with Crippen molar-refractivity contribution in [2.45, 2.75) is 31.2 Å². The first-order valence-corrected chi connectivity index (χ1v) is 11.0. The molecule has 0 fully saturated rings. The predicted molar refractivity (Wildman–Crippen MR) is 122 cm³/mol. The summed E-state index contributed by atoms with van der Waals surface area (Å²) in [6.07, 6.45) is 1.53. The largest absolute Gasteiger partial charge is 0.383 e. The highest BCUT2D eigenvalue weighted by Gasteiger charge is 2.24. The summed E-state index contributed by atoms with van der Waals surface area (Å²) in [6.45, 7) is 2.57. The molecule has 1 aromatic heterocycles. The number of unbranched alkanes of at least 4 members (excludes halogenated alkanes) is 1. The summed E-state index contributed by atoms with van der Waals surface area (Å²) >= 11 is 13.5. The van der Waals surface area contributed by atoms with Gasteiger partial charge in [-0.1, -0.05) is 42.6 Å². The SMILES string of the molecule is CCCCn1c(N)c(N(CCOC)C(=O)CSc2c(Cl)cccc2Cl)c(=O)[nH]c1=O. The maximum absolute atomic E-state index is 13.0. The van der Waals surface area contributed by atoms with Crippen molar-refractivity contribution < 1.29 is 9.53 Å². The number of thioether (sulfide) groups is 1. The van der Waals surface area contributed by atoms with Gasteiger partial charge in [0.15, 0.2) is 5.69 Å². The van der Waals surface area contributed by atoms with Gasteiger partial charge in [0.1, 0.15) is 5.82 Å². The third-order valence-corrected chi connectivity index (χ3v) is 6.27. The maximum atomic E-state index is 13.0. The standard InChI is InChI=1S/C19H24Cl2N4O4S/c1-3-4-8-25-17(22)15(18(27)23-19(25)28)24(9-10-29-2)14(26)11-30-16-12(20)6-5-7-13(16)21/h5-7H,3-4,8-11,22H2,1-2H3,(H,23,27,28). The molecule has 0 aliphatic heterocycles. The van der Waals surface area contributed by atoms with Crippen molar-refractivity contribution in [3.63, 3.8) is 0 Å². The number of anilines is 2. The van der Waals surface area contributed by atoms with Gasteiger partial charge in [0.25, 0.3) is 5.56 Å². The van der Waals surface area contributed by atoms with Crippen LogP contribution in [0, 0.1) is 0 Å². The molecule has 8 nitrogen and oxygen atoms in total. The number of halogens is 2. The van der Waals surface area contributed by atoms with Crippen molar-refractivity contribution in [1.29, 1.82) is 0 Å². The Balaban J connectivity index is 2.38. The number of rotatable bonds is 10. The minimum atomic E-state index is -0.726. The lowest BCUT2D eigenvalue weighted by Gasteiger charge is -2.24. The van der Waals surface area contributed by atoms with Crippen molar-refractivity contribution >= 4 is 52.4 Å². The minimum Gasteiger partial charge on any atom is -0.383 e. The van der Waals surface area contributed by atoms with Gasteiger partial charge in [-0.2, -0.15) is 0 Å². The van der Waals surface area contributed by atoms with Crippen LogP contribution in [0.2, 0.25) is 10.0 Å². The van der Waals surface area contributed by atoms with E-state index >= 15 is 0 Å². The van der Waals surface area contributed by atoms with E-state index in [2.05, 4.69) is 4.98 Å². The molecule has 2 rings (SSSR count). The molecule has 1 amide bonds. The number of hydrogen-bond acceptors (Lipinski definition) is 6. The summed E-state index contributed by atoms with van der Waals surface area (Å²) in [5.41, 5.74) is 4.75. The van der Waals surface area contributed by atoms with Crippen LogP contribution in [0.5, 0.6) is 0 Å². The summed E-state index contributed by atoms with van der Waals surface area (Å²) < 4.78 is 6.35. The Morgan fingerprint density at radius 3 is 2.57 bits per heavy atom. The molecule has 3 N–H and O–H groups in total. The van der Waals surface area contributed by atoms with Crippen LogP contribution in [0.25, 0.3) is 0 Å². The van der Waals surface area contributed by atoms with Crippen LogP contribution >= 0.6 is 35.0 Å². The normalized spacial score (nSPS) is 10.9. The Hall–Kier alpha value is -1.94. The van der Waals surface area contributed by atoms with E-state index in [0.717, 1.165) is 18.2 Å². The van der Waals surface area contributed by atoms with Crippen LogP contribution in [0.3, 0.4) is 0 Å². The molecule has 30 heavy (non-hydrogen) atoms. The quantitative estimate of drug-likeness (QED) is 0.512. The van der Waals surface area contributed by atoms with Crippen LogP contribution in [0.4, 0.5) is 11.5 Å². The minimum absolute atomic E-state index is 0.0415. The Bertz CT molecular complexity index is 989. The number of nitrogens with zero attached hydrogens (tertiary/aromatic N) is 2. The van der Waals surface area contributed by atoms with Gasteiger partial charge in [0.05, 0.1) is 22.4 Å². The third-order valence-electron chi connectivity index (χ3n) is 4.30. The lowest BCUT2D eigenvalue weighted by Crippen LogP contribution is -2.43. The molecule has 0 saturated heterocycles. The van der Waals surface area contributed by atoms with Gasteiger partial charge in [-0.15, -0.1) is 11.8 Å². The van der Waals surface area contributed by atoms with E-state index in [9.17, 15) is 14.4 Å². The van der Waals surface area contributed by atoms with Gasteiger partial charge in [-0.05, 0) is 18.6 Å². The first-order chi connectivity index (χ1) is 14.3. The highest BCUT2D eigenvalue weighted by Crippen LogP contribution is 2.34. The number of aromatic nitrogens is 2. The van der Waals surface area contributed by atoms with Crippen LogP contribution in [0.15, 0.2) is 32.7 Å². The highest BCUT2D eigenvalue weighted by atomic mass is 35.5. The summed E-state index contributed by atoms with van der Waals surface area (Å²) in [5, 5.41) is 0.850. The first-order valence-electron chi connectivity index (χ1n) is 9.30. The lowest BCUT2D eigenvalue weighted by atomic mass is 10.3. The van der Waals surface area contributed by atoms with E-state index in [4.69, 9.17) is 33.7 Å². The number of carbonyl (C=O) groups is 1. The number of hydrogen-bond donors (Lipinski definition) is 2. The Morgan fingerprint density at radius 1 is 1.30 bits per heavy atom. The van der Waals surface area contributed by atoms with E-state index in [0.29, 0.717) is 27.9 Å². The van der Waals surface area contributed by atoms with E-state index in [1.54, 1.807) is 18.2 Å². The van der Waals surface area contributed by atoms with Crippen molar-refractivity contribution in [3.8, 4) is 0 Å². The second kappa shape index (κ2) is 11.5. The zero-order valence-corrected chi connectivity index (χ0v) is 19.1. The van der Waals surface area contributed by atoms with Gasteiger partial charge >= 0.3 is 5.69 Å². The first kappa shape index (κ1) is 24.3. The van der Waals surface area contributed by atoms with Gasteiger partial charge < -0.3 is 15.4 Å². The van der Waals surface area contributed by atoms with Crippen LogP contribution in [-0.4, -0.2) is 41.5 Å². The predicted octanol–water partition coefficient (Wildman–Crippen LogP) is 3.00. The monoisotopic (exact) mass is 474 g/mol. The fourth-order valence-corrected chi connectivity index (χ4v) is 4.31. The molecule has 0 atom stereocenters. The average Bonchev–Trinajstić information content (AvgIpc) is 2.69. The second-order valence-corrected chi connectivity index (χ2v) is 8.18. The number of ether oxygens (including phenoxy) is 1. The number of nitrogen functional groups attached to an aromatic ring is 1. The number of carbonyl (C=O) groups excluding carboxylic acids is 1. The Labute approximate surface area is 188 Å². The smallest absolute Gasteiger partial charge is 0.330 e. The molecule has 0 saturated carbocycles. The molecular weight excluding hydrogens is 451 g/mol. The molecule has 1 heterocycles. The van der Waals surface area contributed by atoms with Crippen molar-refractivity contribution in [3.05, 3.63) is 49.1 Å². The summed E-state index contributed by atoms with van der Waals surface area (Å²) in [4.78, 5) is 41.8. The molecule has 1 aromatic carbocycles. The Morgan fingerprint density at radius 2 is 1.97 bits per heavy atom. The van der Waals surface area contributed by atoms with E-state index < -0.39 is 17.2 Å². The van der Waals surface area contributed by atoms with Crippen LogP contribution < -0.4 is 21.9 Å². The van der Waals surface area contributed by atoms with Gasteiger partial charge in [0.2, 0.25) is 5.91 Å². The molecule has 0 radical (unpaired) electrons. The number of nitrogens with one attached hydrogen (secondary N) is 1. The fraction of sp³-hybridized carbons (Fsp3) is 0.421. The highest BCUT2D eigenvalue weighted by molar-refractivity contribution is 8.00. The molecule has 0 unspecified atom stereocenters. The van der Waals surface area contributed by atoms with Gasteiger partial charge in [0, 0.05) is 25.1 Å². The average molecular weight is 475 g/mol. The summed E-state index contributed by atoms with van der Waals surface area (Å²) in [7, 11) is 1.48. The van der Waals surface area contributed by atoms with E-state index in [1.165, 1.54) is 16.6 Å². The van der Waals surface area contributed by atoms with Gasteiger partial charge in [-0.25, -0.2) is 4.79 Å². The third kappa shape index (κ3) is 5.81. The molecule has 11 heteroatoms. The zero-order valence-electron chi connectivity index (χ0n) is 16.7. The molecule has 0 aliphatic carbocycles. The lowest BCUT2D eigenvalue weighted by molar-refractivity contribution is -0.116. The van der Waals surface area contributed by atoms with Crippen molar-refractivity contribution in [1.82, 2.24) is 9.55 Å². The van der Waals surface area contributed by atoms with Gasteiger partial charge in [-0.3, -0.25) is 19.1 Å². The number of aromatic amines is 1. The number of methoxy groups -OCH3 is 1. The van der Waals surface area contributed by atoms with Crippen LogP contribution in [-0.2, 0) is 16.1 Å². The van der Waals surface area contributed by atoms with Crippen molar-refractivity contribution in [2.24, 2.45) is 0 Å². The molecule has 164 valence electrons. The maximum Gasteiger partial charge on any atom is 0.330 e. The molecule has 0 aliphatic rings. The van der Waals surface area contributed by atoms with E-state index in [-0.39, 0.29) is 30.4 Å². The second-order valence-electron chi connectivity index (χ2n) is 6.38. The molecule has 0 bridgehead atoms. The summed E-state index contributed by atoms with van der Waals surface area (Å²) in [6, 6.07) is 5.06. The molecule has 0 spiro atoms. The number of amides is 1. The zero-order chi connectivity index (χ0) is 22.3. The molecular formula is C19H24Cl2N4O4S. The number of H-pyrrole nitrogens is 1. The van der Waals surface area contributed by atoms with Crippen LogP contribution in [0.1, 0.15) is 19.8 Å².